The average Bonchev–Trinajstić information content (AvgIpc) is 3.75. The number of likely N-dealkylation sites (tertiary alicyclic amines) is 1. The lowest BCUT2D eigenvalue weighted by Gasteiger charge is -2.42. The first kappa shape index (κ1) is 32.3. The van der Waals surface area contributed by atoms with E-state index in [0.29, 0.717) is 68.2 Å². The van der Waals surface area contributed by atoms with Gasteiger partial charge in [-0.1, -0.05) is 18.6 Å². The fraction of sp³-hybridized carbons (Fsp3) is 0.514. The van der Waals surface area contributed by atoms with Crippen LogP contribution in [-0.4, -0.2) is 81.5 Å². The van der Waals surface area contributed by atoms with Crippen LogP contribution in [0.4, 0.5) is 0 Å². The Morgan fingerprint density at radius 2 is 1.62 bits per heavy atom. The first-order valence-corrected chi connectivity index (χ1v) is 16.9. The van der Waals surface area contributed by atoms with Crippen LogP contribution in [0.25, 0.3) is 0 Å². The lowest BCUT2D eigenvalue weighted by molar-refractivity contribution is -0.130. The summed E-state index contributed by atoms with van der Waals surface area (Å²) >= 11 is 0. The van der Waals surface area contributed by atoms with Crippen LogP contribution in [0, 0.1) is 17.2 Å². The van der Waals surface area contributed by atoms with Gasteiger partial charge in [-0.2, -0.15) is 5.26 Å². The summed E-state index contributed by atoms with van der Waals surface area (Å²) < 4.78 is 0. The van der Waals surface area contributed by atoms with Crippen LogP contribution in [0.5, 0.6) is 0 Å². The standard InChI is InChI=1S/C35H43N9O3/c1-3-37-32(46)25-12-14-28-23(17-25)10-11-24-18-26(33(47)38-4-2)13-15-29(24)35(28,34-40-42-43-41-34)19-30(22-7-5-8-22)39-21-31(45)44-16-6-9-27(44)20-36/h12-15,17-18,22,27,30,39H,3-11,16,19,21H2,1-2H3,(H,37,46)(H,38,47)(H,40,41,42,43)/t27?,30-/m0/s1. The quantitative estimate of drug-likeness (QED) is 0.249. The van der Waals surface area contributed by atoms with Gasteiger partial charge in [-0.3, -0.25) is 14.4 Å². The van der Waals surface area contributed by atoms with Gasteiger partial charge < -0.3 is 20.9 Å². The second-order valence-electron chi connectivity index (χ2n) is 12.9. The zero-order valence-electron chi connectivity index (χ0n) is 27.1. The van der Waals surface area contributed by atoms with Gasteiger partial charge in [0, 0.05) is 36.8 Å². The molecule has 2 fully saturated rings. The number of carbonyl (C=O) groups excluding carboxylic acids is 3. The second kappa shape index (κ2) is 14.0. The van der Waals surface area contributed by atoms with Crippen molar-refractivity contribution in [2.75, 3.05) is 26.2 Å². The number of amides is 3. The fourth-order valence-electron chi connectivity index (χ4n) is 7.66. The van der Waals surface area contributed by atoms with Gasteiger partial charge in [0.15, 0.2) is 5.82 Å². The number of nitrogens with zero attached hydrogens (tertiary/aromatic N) is 5. The largest absolute Gasteiger partial charge is 0.352 e. The Hall–Kier alpha value is -4.63. The minimum Gasteiger partial charge on any atom is -0.352 e. The molecule has 0 bridgehead atoms. The highest BCUT2D eigenvalue weighted by Crippen LogP contribution is 2.49. The molecule has 3 amide bonds. The van der Waals surface area contributed by atoms with Gasteiger partial charge in [-0.25, -0.2) is 5.10 Å². The van der Waals surface area contributed by atoms with Crippen molar-refractivity contribution in [1.29, 1.82) is 5.26 Å². The van der Waals surface area contributed by atoms with Gasteiger partial charge >= 0.3 is 0 Å². The van der Waals surface area contributed by atoms with Crippen LogP contribution < -0.4 is 16.0 Å². The van der Waals surface area contributed by atoms with Crippen LogP contribution in [-0.2, 0) is 23.1 Å². The van der Waals surface area contributed by atoms with Gasteiger partial charge in [-0.05, 0) is 122 Å². The maximum atomic E-state index is 13.4. The number of tetrazole rings is 1. The molecule has 2 heterocycles. The van der Waals surface area contributed by atoms with E-state index in [1.165, 1.54) is 0 Å². The van der Waals surface area contributed by atoms with E-state index in [1.54, 1.807) is 4.90 Å². The summed E-state index contributed by atoms with van der Waals surface area (Å²) in [6.45, 7) is 5.58. The van der Waals surface area contributed by atoms with Crippen LogP contribution in [0.2, 0.25) is 0 Å². The van der Waals surface area contributed by atoms with Crippen LogP contribution in [0.15, 0.2) is 36.4 Å². The predicted molar refractivity (Wildman–Crippen MR) is 174 cm³/mol. The zero-order chi connectivity index (χ0) is 33.0. The molecular formula is C35H43N9O3. The highest BCUT2D eigenvalue weighted by Gasteiger charge is 2.47. The molecule has 47 heavy (non-hydrogen) atoms. The minimum atomic E-state index is -0.872. The highest BCUT2D eigenvalue weighted by molar-refractivity contribution is 5.95. The van der Waals surface area contributed by atoms with Crippen molar-refractivity contribution in [3.8, 4) is 6.07 Å². The van der Waals surface area contributed by atoms with Crippen molar-refractivity contribution < 1.29 is 14.4 Å². The molecule has 3 aliphatic rings. The number of benzene rings is 2. The lowest BCUT2D eigenvalue weighted by Crippen LogP contribution is -2.50. The first-order valence-electron chi connectivity index (χ1n) is 16.9. The van der Waals surface area contributed by atoms with Crippen LogP contribution in [0.3, 0.4) is 0 Å². The molecule has 3 aromatic rings. The maximum absolute atomic E-state index is 13.4. The van der Waals surface area contributed by atoms with E-state index in [-0.39, 0.29) is 36.3 Å². The Kier molecular flexibility index (Phi) is 9.63. The molecule has 2 aliphatic carbocycles. The number of H-pyrrole nitrogens is 1. The SMILES string of the molecule is CCNC(=O)c1ccc2c(c1)CCc1cc(C(=O)NCC)ccc1C2(C[C@H](NCC(=O)N1CCCC1C#N)C1CCC1)c1nnn[nH]1. The van der Waals surface area contributed by atoms with E-state index in [0.717, 1.165) is 47.9 Å². The normalized spacial score (nSPS) is 19.0. The molecule has 6 rings (SSSR count). The molecular weight excluding hydrogens is 594 g/mol. The molecule has 246 valence electrons. The van der Waals surface area contributed by atoms with Gasteiger partial charge in [0.05, 0.1) is 18.0 Å². The fourth-order valence-corrected chi connectivity index (χ4v) is 7.66. The van der Waals surface area contributed by atoms with Crippen molar-refractivity contribution in [2.45, 2.75) is 82.7 Å². The Labute approximate surface area is 275 Å². The van der Waals surface area contributed by atoms with Gasteiger partial charge in [0.2, 0.25) is 5.91 Å². The molecule has 0 spiro atoms. The highest BCUT2D eigenvalue weighted by atomic mass is 16.2. The van der Waals surface area contributed by atoms with E-state index in [2.05, 4.69) is 42.6 Å². The Morgan fingerprint density at radius 1 is 0.979 bits per heavy atom. The molecule has 1 aromatic heterocycles. The number of rotatable bonds is 11. The van der Waals surface area contributed by atoms with Crippen molar-refractivity contribution >= 4 is 17.7 Å². The summed E-state index contributed by atoms with van der Waals surface area (Å²) in [6, 6.07) is 13.6. The molecule has 1 saturated heterocycles. The number of nitriles is 1. The number of aryl methyl sites for hydroxylation is 2. The average molecular weight is 638 g/mol. The van der Waals surface area contributed by atoms with Gasteiger partial charge in [-0.15, -0.1) is 5.10 Å². The molecule has 4 N–H and O–H groups in total. The molecule has 12 heteroatoms. The monoisotopic (exact) mass is 637 g/mol. The summed E-state index contributed by atoms with van der Waals surface area (Å²) in [5.41, 5.74) is 4.31. The molecule has 1 saturated carbocycles. The van der Waals surface area contributed by atoms with E-state index in [9.17, 15) is 19.6 Å². The molecule has 1 unspecified atom stereocenters. The molecule has 0 radical (unpaired) electrons. The third kappa shape index (κ3) is 6.24. The van der Waals surface area contributed by atoms with Gasteiger partial charge in [0.1, 0.15) is 6.04 Å². The zero-order valence-corrected chi connectivity index (χ0v) is 27.1. The summed E-state index contributed by atoms with van der Waals surface area (Å²) in [4.78, 5) is 41.0. The Morgan fingerprint density at radius 3 is 2.13 bits per heavy atom. The topological polar surface area (TPSA) is 169 Å². The lowest BCUT2D eigenvalue weighted by atomic mass is 9.64. The number of aromatic amines is 1. The van der Waals surface area contributed by atoms with Crippen molar-refractivity contribution in [2.24, 2.45) is 5.92 Å². The summed E-state index contributed by atoms with van der Waals surface area (Å²) in [6.07, 6.45) is 6.59. The number of carbonyl (C=O) groups is 3. The number of aromatic nitrogens is 4. The smallest absolute Gasteiger partial charge is 0.251 e. The third-order valence-corrected chi connectivity index (χ3v) is 10.2. The Bertz CT molecular complexity index is 1590. The molecule has 1 aliphatic heterocycles. The predicted octanol–water partition coefficient (Wildman–Crippen LogP) is 2.80. The van der Waals surface area contributed by atoms with Crippen molar-refractivity contribution in [1.82, 2.24) is 41.5 Å². The summed E-state index contributed by atoms with van der Waals surface area (Å²) in [5.74, 6) is 0.578. The van der Waals surface area contributed by atoms with E-state index in [1.807, 2.05) is 50.2 Å². The number of fused-ring (bicyclic) bond motifs is 2. The third-order valence-electron chi connectivity index (χ3n) is 10.2. The van der Waals surface area contributed by atoms with E-state index >= 15 is 0 Å². The summed E-state index contributed by atoms with van der Waals surface area (Å²) in [7, 11) is 0. The molecule has 2 atom stereocenters. The van der Waals surface area contributed by atoms with Crippen LogP contribution >= 0.6 is 0 Å². The van der Waals surface area contributed by atoms with Crippen LogP contribution in [0.1, 0.15) is 101 Å². The number of hydrogen-bond donors (Lipinski definition) is 4. The summed E-state index contributed by atoms with van der Waals surface area (Å²) in [5, 5.41) is 34.8. The van der Waals surface area contributed by atoms with Crippen molar-refractivity contribution in [3.63, 3.8) is 0 Å². The maximum Gasteiger partial charge on any atom is 0.251 e. The first-order chi connectivity index (χ1) is 22.9. The molecule has 2 aromatic carbocycles. The number of nitrogens with one attached hydrogen (secondary N) is 4. The van der Waals surface area contributed by atoms with E-state index < -0.39 is 5.41 Å². The van der Waals surface area contributed by atoms with Gasteiger partial charge in [0.25, 0.3) is 11.8 Å². The molecule has 12 nitrogen and oxygen atoms in total. The van der Waals surface area contributed by atoms with E-state index in [4.69, 9.17) is 0 Å². The minimum absolute atomic E-state index is 0.0615. The number of hydrogen-bond acceptors (Lipinski definition) is 8. The Balaban J connectivity index is 1.47. The second-order valence-corrected chi connectivity index (χ2v) is 12.9. The van der Waals surface area contributed by atoms with Crippen molar-refractivity contribution in [3.05, 3.63) is 75.6 Å².